The quantitative estimate of drug-likeness (QED) is 0.454. The summed E-state index contributed by atoms with van der Waals surface area (Å²) in [6.07, 6.45) is 2.36. The molecule has 0 aliphatic heterocycles. The van der Waals surface area contributed by atoms with E-state index >= 15 is 0 Å². The first-order chi connectivity index (χ1) is 14.9. The second-order valence-corrected chi connectivity index (χ2v) is 9.62. The highest BCUT2D eigenvalue weighted by Gasteiger charge is 2.23. The molecule has 2 aromatic heterocycles. The molecule has 4 rings (SSSR count). The van der Waals surface area contributed by atoms with Crippen LogP contribution in [-0.4, -0.2) is 36.0 Å². The van der Waals surface area contributed by atoms with E-state index in [0.717, 1.165) is 33.8 Å². The van der Waals surface area contributed by atoms with Crippen molar-refractivity contribution in [2.24, 2.45) is 0 Å². The molecule has 31 heavy (non-hydrogen) atoms. The highest BCUT2D eigenvalue weighted by Crippen LogP contribution is 2.28. The van der Waals surface area contributed by atoms with Crippen LogP contribution in [0.4, 0.5) is 0 Å². The minimum Gasteiger partial charge on any atom is -0.497 e. The van der Waals surface area contributed by atoms with E-state index in [4.69, 9.17) is 4.74 Å². The maximum absolute atomic E-state index is 12.3. The van der Waals surface area contributed by atoms with Gasteiger partial charge in [0.2, 0.25) is 10.9 Å². The number of rotatable bonds is 7. The third-order valence-corrected chi connectivity index (χ3v) is 7.23. The summed E-state index contributed by atoms with van der Waals surface area (Å²) in [6.45, 7) is 1.80. The normalized spacial score (nSPS) is 11.5. The second kappa shape index (κ2) is 8.48. The topological polar surface area (TPSA) is 103 Å². The number of sulfonamides is 1. The molecule has 1 N–H and O–H groups in total. The van der Waals surface area contributed by atoms with Gasteiger partial charge in [0.15, 0.2) is 0 Å². The first-order valence-corrected chi connectivity index (χ1v) is 11.9. The van der Waals surface area contributed by atoms with Crippen molar-refractivity contribution in [3.63, 3.8) is 0 Å². The van der Waals surface area contributed by atoms with Crippen molar-refractivity contribution in [1.29, 1.82) is 0 Å². The van der Waals surface area contributed by atoms with Gasteiger partial charge in [-0.25, -0.2) is 14.2 Å². The fraction of sp³-hybridized carbons (Fsp3) is 0.190. The Bertz CT molecular complexity index is 1310. The van der Waals surface area contributed by atoms with Crippen LogP contribution in [0.3, 0.4) is 0 Å². The minimum atomic E-state index is -4.00. The minimum absolute atomic E-state index is 0.137. The van der Waals surface area contributed by atoms with Crippen molar-refractivity contribution in [2.45, 2.75) is 24.1 Å². The van der Waals surface area contributed by atoms with Crippen LogP contribution < -0.4 is 9.46 Å². The molecule has 0 radical (unpaired) electrons. The molecule has 2 aromatic carbocycles. The Kier molecular flexibility index (Phi) is 5.75. The number of nitrogens with one attached hydrogen (secondary N) is 1. The Morgan fingerprint density at radius 2 is 1.87 bits per heavy atom. The van der Waals surface area contributed by atoms with Gasteiger partial charge in [0.05, 0.1) is 19.0 Å². The average Bonchev–Trinajstić information content (AvgIpc) is 3.34. The molecule has 0 saturated heterocycles. The molecule has 0 atom stereocenters. The van der Waals surface area contributed by atoms with Crippen molar-refractivity contribution >= 4 is 32.2 Å². The van der Waals surface area contributed by atoms with Crippen molar-refractivity contribution in [1.82, 2.24) is 19.3 Å². The van der Waals surface area contributed by atoms with E-state index in [9.17, 15) is 13.2 Å². The first kappa shape index (κ1) is 21.0. The van der Waals surface area contributed by atoms with Gasteiger partial charge in [-0.2, -0.15) is 8.42 Å². The summed E-state index contributed by atoms with van der Waals surface area (Å²) in [7, 11) is -2.36. The molecule has 0 saturated carbocycles. The third-order valence-electron chi connectivity index (χ3n) is 4.56. The average molecular weight is 457 g/mol. The predicted molar refractivity (Wildman–Crippen MR) is 119 cm³/mol. The van der Waals surface area contributed by atoms with Gasteiger partial charge in [0.25, 0.3) is 14.4 Å². The zero-order chi connectivity index (χ0) is 22.0. The van der Waals surface area contributed by atoms with Crippen molar-refractivity contribution in [2.75, 3.05) is 7.11 Å². The summed E-state index contributed by atoms with van der Waals surface area (Å²) >= 11 is 0.908. The summed E-state index contributed by atoms with van der Waals surface area (Å²) in [5.41, 5.74) is 3.64. The van der Waals surface area contributed by atoms with Crippen molar-refractivity contribution in [3.8, 4) is 28.1 Å². The zero-order valence-electron chi connectivity index (χ0n) is 16.9. The lowest BCUT2D eigenvalue weighted by atomic mass is 10.0. The SMILES string of the molecule is CCCC(=O)NS(=O)(=O)c1nn2cc(-c3ccc(-c4cccc(OC)c4)cc3)nc2s1. The van der Waals surface area contributed by atoms with Crippen LogP contribution in [-0.2, 0) is 14.8 Å². The predicted octanol–water partition coefficient (Wildman–Crippen LogP) is 3.74. The lowest BCUT2D eigenvalue weighted by Gasteiger charge is -2.05. The Hall–Kier alpha value is -3.24. The van der Waals surface area contributed by atoms with Gasteiger partial charge in [0, 0.05) is 12.0 Å². The van der Waals surface area contributed by atoms with Crippen molar-refractivity contribution < 1.29 is 17.9 Å². The van der Waals surface area contributed by atoms with Crippen LogP contribution in [0.5, 0.6) is 5.75 Å². The van der Waals surface area contributed by atoms with E-state index in [1.165, 1.54) is 4.52 Å². The van der Waals surface area contributed by atoms with Gasteiger partial charge in [-0.15, -0.1) is 5.10 Å². The number of imidazole rings is 1. The maximum Gasteiger partial charge on any atom is 0.293 e. The highest BCUT2D eigenvalue weighted by atomic mass is 32.2. The molecule has 0 aliphatic rings. The van der Waals surface area contributed by atoms with E-state index in [0.29, 0.717) is 17.1 Å². The molecule has 0 unspecified atom stereocenters. The van der Waals surface area contributed by atoms with Gasteiger partial charge < -0.3 is 4.74 Å². The molecular formula is C21H20N4O4S2. The fourth-order valence-corrected chi connectivity index (χ4v) is 5.13. The lowest BCUT2D eigenvalue weighted by Crippen LogP contribution is -2.30. The number of nitrogens with zero attached hydrogens (tertiary/aromatic N) is 3. The largest absolute Gasteiger partial charge is 0.497 e. The monoisotopic (exact) mass is 456 g/mol. The number of fused-ring (bicyclic) bond motifs is 1. The number of benzene rings is 2. The van der Waals surface area contributed by atoms with Crippen LogP contribution in [0.2, 0.25) is 0 Å². The number of aromatic nitrogens is 3. The summed E-state index contributed by atoms with van der Waals surface area (Å²) in [5.74, 6) is 0.241. The van der Waals surface area contributed by atoms with Crippen LogP contribution in [0, 0.1) is 0 Å². The fourth-order valence-electron chi connectivity index (χ4n) is 3.04. The smallest absolute Gasteiger partial charge is 0.293 e. The summed E-state index contributed by atoms with van der Waals surface area (Å²) in [6, 6.07) is 15.7. The molecule has 4 aromatic rings. The number of carbonyl (C=O) groups is 1. The number of hydrogen-bond donors (Lipinski definition) is 1. The van der Waals surface area contributed by atoms with E-state index < -0.39 is 15.9 Å². The van der Waals surface area contributed by atoms with E-state index in [1.54, 1.807) is 20.2 Å². The molecular weight excluding hydrogens is 436 g/mol. The Morgan fingerprint density at radius 1 is 1.13 bits per heavy atom. The van der Waals surface area contributed by atoms with E-state index in [1.807, 2.05) is 53.3 Å². The van der Waals surface area contributed by atoms with Crippen LogP contribution in [0.25, 0.3) is 27.3 Å². The Labute approximate surface area is 183 Å². The number of amides is 1. The van der Waals surface area contributed by atoms with Gasteiger partial charge in [0.1, 0.15) is 5.75 Å². The molecule has 1 amide bonds. The molecule has 0 aliphatic carbocycles. The molecule has 2 heterocycles. The van der Waals surface area contributed by atoms with Gasteiger partial charge in [-0.3, -0.25) is 4.79 Å². The first-order valence-electron chi connectivity index (χ1n) is 9.56. The second-order valence-electron chi connectivity index (χ2n) is 6.81. The molecule has 0 fully saturated rings. The Morgan fingerprint density at radius 3 is 2.55 bits per heavy atom. The Balaban J connectivity index is 1.57. The molecule has 0 bridgehead atoms. The van der Waals surface area contributed by atoms with Crippen LogP contribution >= 0.6 is 11.3 Å². The zero-order valence-corrected chi connectivity index (χ0v) is 18.5. The summed E-state index contributed by atoms with van der Waals surface area (Å²) in [4.78, 5) is 16.6. The molecule has 160 valence electrons. The number of carbonyl (C=O) groups excluding carboxylic acids is 1. The number of ether oxygens (including phenoxy) is 1. The van der Waals surface area contributed by atoms with E-state index in [-0.39, 0.29) is 10.8 Å². The lowest BCUT2D eigenvalue weighted by molar-refractivity contribution is -0.119. The maximum atomic E-state index is 12.3. The van der Waals surface area contributed by atoms with E-state index in [2.05, 4.69) is 10.1 Å². The van der Waals surface area contributed by atoms with Crippen molar-refractivity contribution in [3.05, 3.63) is 54.7 Å². The van der Waals surface area contributed by atoms with Gasteiger partial charge >= 0.3 is 0 Å². The molecule has 8 nitrogen and oxygen atoms in total. The molecule has 0 spiro atoms. The van der Waals surface area contributed by atoms with Crippen LogP contribution in [0.15, 0.2) is 59.1 Å². The standard InChI is InChI=1S/C21H20N4O4S2/c1-3-5-19(26)24-31(27,28)21-23-25-13-18(22-20(25)30-21)15-10-8-14(9-11-15)16-6-4-7-17(12-16)29-2/h4,6-13H,3,5H2,1-2H3,(H,24,26). The number of methoxy groups -OCH3 is 1. The molecule has 10 heteroatoms. The summed E-state index contributed by atoms with van der Waals surface area (Å²) in [5, 5.41) is 4.08. The summed E-state index contributed by atoms with van der Waals surface area (Å²) < 4.78 is 33.2. The van der Waals surface area contributed by atoms with Crippen LogP contribution in [0.1, 0.15) is 19.8 Å². The van der Waals surface area contributed by atoms with Gasteiger partial charge in [-0.05, 0) is 29.7 Å². The highest BCUT2D eigenvalue weighted by molar-refractivity contribution is 7.92. The van der Waals surface area contributed by atoms with Gasteiger partial charge in [-0.1, -0.05) is 54.7 Å². The number of hydrogen-bond acceptors (Lipinski definition) is 7. The third kappa shape index (κ3) is 4.44.